The average molecular weight is 230 g/mol. The Labute approximate surface area is 96.9 Å². The third kappa shape index (κ3) is 3.19. The molecule has 1 aliphatic rings. The zero-order chi connectivity index (χ0) is 12.0. The van der Waals surface area contributed by atoms with Gasteiger partial charge in [0.05, 0.1) is 18.1 Å². The summed E-state index contributed by atoms with van der Waals surface area (Å²) in [5, 5.41) is 9.50. The number of carbonyl (C=O) groups excluding carboxylic acids is 1. The van der Waals surface area contributed by atoms with Gasteiger partial charge in [0, 0.05) is 13.7 Å². The number of esters is 1. The smallest absolute Gasteiger partial charge is 0.312 e. The SMILES string of the molecule is CCOC(=O)[C@]1(CCOC)CC[C@@H](O)CC1. The molecular weight excluding hydrogens is 208 g/mol. The lowest BCUT2D eigenvalue weighted by molar-refractivity contribution is -0.160. The zero-order valence-corrected chi connectivity index (χ0v) is 10.2. The average Bonchev–Trinajstić information content (AvgIpc) is 2.29. The summed E-state index contributed by atoms with van der Waals surface area (Å²) in [6, 6.07) is 0. The van der Waals surface area contributed by atoms with Crippen LogP contribution >= 0.6 is 0 Å². The highest BCUT2D eigenvalue weighted by molar-refractivity contribution is 5.77. The fourth-order valence-corrected chi connectivity index (χ4v) is 2.29. The minimum absolute atomic E-state index is 0.126. The normalized spacial score (nSPS) is 30.1. The van der Waals surface area contributed by atoms with Gasteiger partial charge in [0.2, 0.25) is 0 Å². The summed E-state index contributed by atoms with van der Waals surface area (Å²) >= 11 is 0. The number of aliphatic hydroxyl groups excluding tert-OH is 1. The fourth-order valence-electron chi connectivity index (χ4n) is 2.29. The molecule has 0 aliphatic heterocycles. The molecule has 4 heteroatoms. The maximum atomic E-state index is 12.0. The summed E-state index contributed by atoms with van der Waals surface area (Å²) in [5.74, 6) is -0.126. The van der Waals surface area contributed by atoms with E-state index in [1.54, 1.807) is 7.11 Å². The maximum Gasteiger partial charge on any atom is 0.312 e. The Bertz CT molecular complexity index is 214. The Kier molecular flexibility index (Phi) is 5.22. The third-order valence-corrected chi connectivity index (χ3v) is 3.41. The Morgan fingerprint density at radius 3 is 2.56 bits per heavy atom. The van der Waals surface area contributed by atoms with Crippen molar-refractivity contribution in [3.63, 3.8) is 0 Å². The van der Waals surface area contributed by atoms with Gasteiger partial charge in [-0.05, 0) is 39.0 Å². The Morgan fingerprint density at radius 2 is 2.06 bits per heavy atom. The monoisotopic (exact) mass is 230 g/mol. The molecule has 16 heavy (non-hydrogen) atoms. The lowest BCUT2D eigenvalue weighted by Crippen LogP contribution is -2.39. The zero-order valence-electron chi connectivity index (χ0n) is 10.2. The van der Waals surface area contributed by atoms with E-state index in [0.29, 0.717) is 45.3 Å². The first-order valence-corrected chi connectivity index (χ1v) is 5.99. The fraction of sp³-hybridized carbons (Fsp3) is 0.917. The van der Waals surface area contributed by atoms with Gasteiger partial charge in [-0.2, -0.15) is 0 Å². The Balaban J connectivity index is 2.64. The van der Waals surface area contributed by atoms with Gasteiger partial charge in [0.15, 0.2) is 0 Å². The summed E-state index contributed by atoms with van der Waals surface area (Å²) in [6.45, 7) is 2.80. The van der Waals surface area contributed by atoms with Gasteiger partial charge in [-0.1, -0.05) is 0 Å². The van der Waals surface area contributed by atoms with Gasteiger partial charge in [-0.3, -0.25) is 4.79 Å². The van der Waals surface area contributed by atoms with Crippen LogP contribution in [0, 0.1) is 5.41 Å². The van der Waals surface area contributed by atoms with Crippen LogP contribution in [-0.4, -0.2) is 37.5 Å². The van der Waals surface area contributed by atoms with E-state index in [0.717, 1.165) is 0 Å². The molecule has 0 unspecified atom stereocenters. The molecule has 0 bridgehead atoms. The van der Waals surface area contributed by atoms with Crippen molar-refractivity contribution in [3.05, 3.63) is 0 Å². The van der Waals surface area contributed by atoms with Crippen LogP contribution in [0.5, 0.6) is 0 Å². The number of ether oxygens (including phenoxy) is 2. The number of methoxy groups -OCH3 is 1. The van der Waals surface area contributed by atoms with E-state index in [1.165, 1.54) is 0 Å². The van der Waals surface area contributed by atoms with E-state index in [2.05, 4.69) is 0 Å². The molecule has 0 spiro atoms. The highest BCUT2D eigenvalue weighted by Gasteiger charge is 2.42. The van der Waals surface area contributed by atoms with Crippen molar-refractivity contribution >= 4 is 5.97 Å². The van der Waals surface area contributed by atoms with Crippen molar-refractivity contribution in [2.24, 2.45) is 5.41 Å². The first-order valence-electron chi connectivity index (χ1n) is 5.99. The van der Waals surface area contributed by atoms with Gasteiger partial charge in [0.1, 0.15) is 0 Å². The molecule has 0 atom stereocenters. The summed E-state index contributed by atoms with van der Waals surface area (Å²) in [7, 11) is 1.64. The van der Waals surface area contributed by atoms with E-state index in [1.807, 2.05) is 6.92 Å². The molecule has 0 aromatic heterocycles. The van der Waals surface area contributed by atoms with Gasteiger partial charge in [-0.25, -0.2) is 0 Å². The lowest BCUT2D eigenvalue weighted by Gasteiger charge is -2.36. The van der Waals surface area contributed by atoms with Crippen molar-refractivity contribution < 1.29 is 19.4 Å². The van der Waals surface area contributed by atoms with E-state index in [9.17, 15) is 9.90 Å². The predicted molar refractivity (Wildman–Crippen MR) is 60.0 cm³/mol. The molecule has 0 aromatic carbocycles. The van der Waals surface area contributed by atoms with Crippen molar-refractivity contribution in [3.8, 4) is 0 Å². The minimum atomic E-state index is -0.425. The molecule has 1 rings (SSSR count). The van der Waals surface area contributed by atoms with Crippen LogP contribution < -0.4 is 0 Å². The predicted octanol–water partition coefficient (Wildman–Crippen LogP) is 1.51. The van der Waals surface area contributed by atoms with Crippen LogP contribution in [0.4, 0.5) is 0 Å². The number of hydrogen-bond donors (Lipinski definition) is 1. The van der Waals surface area contributed by atoms with Crippen LogP contribution in [0.1, 0.15) is 39.0 Å². The van der Waals surface area contributed by atoms with Gasteiger partial charge in [0.25, 0.3) is 0 Å². The molecule has 0 heterocycles. The maximum absolute atomic E-state index is 12.0. The number of carbonyl (C=O) groups is 1. The molecule has 0 radical (unpaired) electrons. The standard InChI is InChI=1S/C12H22O4/c1-3-16-11(14)12(8-9-15-2)6-4-10(13)5-7-12/h10,13H,3-9H2,1-2H3/t10-,12-. The molecule has 0 amide bonds. The Morgan fingerprint density at radius 1 is 1.44 bits per heavy atom. The molecule has 0 saturated heterocycles. The second-order valence-electron chi connectivity index (χ2n) is 4.47. The summed E-state index contributed by atoms with van der Waals surface area (Å²) in [5.41, 5.74) is -0.425. The Hall–Kier alpha value is -0.610. The summed E-state index contributed by atoms with van der Waals surface area (Å²) in [6.07, 6.45) is 3.21. The van der Waals surface area contributed by atoms with Crippen molar-refractivity contribution in [1.82, 2.24) is 0 Å². The van der Waals surface area contributed by atoms with E-state index < -0.39 is 5.41 Å². The molecule has 1 N–H and O–H groups in total. The van der Waals surface area contributed by atoms with Gasteiger partial charge < -0.3 is 14.6 Å². The third-order valence-electron chi connectivity index (χ3n) is 3.41. The van der Waals surface area contributed by atoms with E-state index in [-0.39, 0.29) is 12.1 Å². The first kappa shape index (κ1) is 13.5. The van der Waals surface area contributed by atoms with Crippen molar-refractivity contribution in [1.29, 1.82) is 0 Å². The molecule has 1 fully saturated rings. The number of hydrogen-bond acceptors (Lipinski definition) is 4. The lowest BCUT2D eigenvalue weighted by atomic mass is 9.71. The molecule has 4 nitrogen and oxygen atoms in total. The van der Waals surface area contributed by atoms with E-state index >= 15 is 0 Å². The van der Waals surface area contributed by atoms with Crippen molar-refractivity contribution in [2.45, 2.75) is 45.1 Å². The van der Waals surface area contributed by atoms with Gasteiger partial charge >= 0.3 is 5.97 Å². The highest BCUT2D eigenvalue weighted by Crippen LogP contribution is 2.40. The van der Waals surface area contributed by atoms with Crippen LogP contribution in [0.15, 0.2) is 0 Å². The van der Waals surface area contributed by atoms with Crippen LogP contribution in [0.2, 0.25) is 0 Å². The second-order valence-corrected chi connectivity index (χ2v) is 4.47. The molecule has 1 aliphatic carbocycles. The molecule has 1 saturated carbocycles. The molecular formula is C12H22O4. The number of rotatable bonds is 5. The first-order chi connectivity index (χ1) is 7.64. The topological polar surface area (TPSA) is 55.8 Å². The van der Waals surface area contributed by atoms with Crippen LogP contribution in [-0.2, 0) is 14.3 Å². The van der Waals surface area contributed by atoms with E-state index in [4.69, 9.17) is 9.47 Å². The number of aliphatic hydroxyl groups is 1. The summed E-state index contributed by atoms with van der Waals surface area (Å²) < 4.78 is 10.2. The van der Waals surface area contributed by atoms with Crippen LogP contribution in [0.25, 0.3) is 0 Å². The molecule has 0 aromatic rings. The van der Waals surface area contributed by atoms with Gasteiger partial charge in [-0.15, -0.1) is 0 Å². The second kappa shape index (κ2) is 6.21. The summed E-state index contributed by atoms with van der Waals surface area (Å²) in [4.78, 5) is 12.0. The van der Waals surface area contributed by atoms with Crippen molar-refractivity contribution in [2.75, 3.05) is 20.3 Å². The largest absolute Gasteiger partial charge is 0.466 e. The quantitative estimate of drug-likeness (QED) is 0.727. The van der Waals surface area contributed by atoms with Crippen LogP contribution in [0.3, 0.4) is 0 Å². The molecule has 94 valence electrons. The highest BCUT2D eigenvalue weighted by atomic mass is 16.5. The minimum Gasteiger partial charge on any atom is -0.466 e.